The monoisotopic (exact) mass is 304 g/mol. The van der Waals surface area contributed by atoms with Crippen molar-refractivity contribution in [2.45, 2.75) is 30.7 Å². The van der Waals surface area contributed by atoms with Crippen LogP contribution in [-0.4, -0.2) is 28.7 Å². The van der Waals surface area contributed by atoms with Crippen LogP contribution in [0.4, 0.5) is 0 Å². The molecule has 1 aromatic heterocycles. The molecule has 0 amide bonds. The highest BCUT2D eigenvalue weighted by Crippen LogP contribution is 2.48. The van der Waals surface area contributed by atoms with Crippen molar-refractivity contribution in [3.63, 3.8) is 0 Å². The molecule has 7 heteroatoms. The zero-order valence-electron chi connectivity index (χ0n) is 11.0. The Morgan fingerprint density at radius 2 is 2.26 bits per heavy atom. The van der Waals surface area contributed by atoms with E-state index in [4.69, 9.17) is 10.5 Å². The second-order valence-electron chi connectivity index (χ2n) is 5.02. The molecule has 0 spiro atoms. The number of thiophene rings is 1. The topological polar surface area (TPSA) is 81.4 Å². The number of methoxy groups -OCH3 is 1. The Morgan fingerprint density at radius 1 is 1.53 bits per heavy atom. The summed E-state index contributed by atoms with van der Waals surface area (Å²) in [5.41, 5.74) is 5.60. The molecule has 2 rings (SSSR count). The lowest BCUT2D eigenvalue weighted by atomic mass is 10.0. The minimum atomic E-state index is -3.40. The number of hydrogen-bond acceptors (Lipinski definition) is 5. The lowest BCUT2D eigenvalue weighted by molar-refractivity contribution is 0.173. The van der Waals surface area contributed by atoms with Gasteiger partial charge in [0.15, 0.2) is 0 Å². The van der Waals surface area contributed by atoms with Crippen LogP contribution in [0.3, 0.4) is 0 Å². The Labute approximate surface area is 118 Å². The number of ether oxygens (including phenoxy) is 1. The third-order valence-electron chi connectivity index (χ3n) is 3.57. The molecule has 0 radical (unpaired) electrons. The van der Waals surface area contributed by atoms with Gasteiger partial charge in [0.25, 0.3) is 0 Å². The highest BCUT2D eigenvalue weighted by atomic mass is 32.2. The summed E-state index contributed by atoms with van der Waals surface area (Å²) in [6.07, 6.45) is 3.04. The van der Waals surface area contributed by atoms with E-state index in [9.17, 15) is 8.42 Å². The van der Waals surface area contributed by atoms with Crippen LogP contribution in [-0.2, 0) is 21.3 Å². The molecular formula is C12H20N2O3S2. The Morgan fingerprint density at radius 3 is 2.79 bits per heavy atom. The van der Waals surface area contributed by atoms with Crippen LogP contribution in [0, 0.1) is 5.41 Å². The molecule has 0 bridgehead atoms. The number of nitrogens with one attached hydrogen (secondary N) is 1. The van der Waals surface area contributed by atoms with Crippen LogP contribution in [0.25, 0.3) is 0 Å². The molecule has 0 unspecified atom stereocenters. The second kappa shape index (κ2) is 5.88. The van der Waals surface area contributed by atoms with E-state index < -0.39 is 10.0 Å². The first-order valence-electron chi connectivity index (χ1n) is 6.27. The first-order chi connectivity index (χ1) is 9.01. The Bertz CT molecular complexity index is 521. The predicted octanol–water partition coefficient (Wildman–Crippen LogP) is 1.30. The van der Waals surface area contributed by atoms with Gasteiger partial charge < -0.3 is 10.5 Å². The van der Waals surface area contributed by atoms with Crippen molar-refractivity contribution in [1.82, 2.24) is 4.72 Å². The number of rotatable bonds is 8. The average Bonchev–Trinajstić information content (AvgIpc) is 2.99. The largest absolute Gasteiger partial charge is 0.385 e. The van der Waals surface area contributed by atoms with Gasteiger partial charge in [-0.1, -0.05) is 0 Å². The van der Waals surface area contributed by atoms with E-state index in [1.165, 1.54) is 11.3 Å². The molecule has 1 aliphatic rings. The maximum Gasteiger partial charge on any atom is 0.241 e. The maximum absolute atomic E-state index is 12.1. The van der Waals surface area contributed by atoms with E-state index in [2.05, 4.69) is 4.72 Å². The number of sulfonamides is 1. The fourth-order valence-electron chi connectivity index (χ4n) is 1.95. The predicted molar refractivity (Wildman–Crippen MR) is 75.6 cm³/mol. The lowest BCUT2D eigenvalue weighted by Gasteiger charge is -2.15. The summed E-state index contributed by atoms with van der Waals surface area (Å²) in [6.45, 7) is 1.54. The highest BCUT2D eigenvalue weighted by molar-refractivity contribution is 7.89. The minimum Gasteiger partial charge on any atom is -0.385 e. The van der Waals surface area contributed by atoms with Crippen molar-refractivity contribution in [1.29, 1.82) is 0 Å². The minimum absolute atomic E-state index is 0.107. The third kappa shape index (κ3) is 3.76. The van der Waals surface area contributed by atoms with Gasteiger partial charge in [-0.2, -0.15) is 0 Å². The van der Waals surface area contributed by atoms with Crippen molar-refractivity contribution in [2.75, 3.05) is 20.3 Å². The SMILES string of the molecule is COCCC1(CNS(=O)(=O)c2csc(CN)c2)CC1. The quantitative estimate of drug-likeness (QED) is 0.758. The standard InChI is InChI=1S/C12H20N2O3S2/c1-17-5-4-12(2-3-12)9-14-19(15,16)11-6-10(7-13)18-8-11/h6,8,14H,2-5,7,9,13H2,1H3. The summed E-state index contributed by atoms with van der Waals surface area (Å²) in [4.78, 5) is 1.20. The van der Waals surface area contributed by atoms with E-state index in [-0.39, 0.29) is 5.41 Å². The van der Waals surface area contributed by atoms with Crippen LogP contribution >= 0.6 is 11.3 Å². The molecule has 0 saturated heterocycles. The van der Waals surface area contributed by atoms with Gasteiger partial charge in [-0.3, -0.25) is 0 Å². The van der Waals surface area contributed by atoms with Crippen molar-refractivity contribution in [3.05, 3.63) is 16.3 Å². The van der Waals surface area contributed by atoms with Gasteiger partial charge >= 0.3 is 0 Å². The molecule has 108 valence electrons. The first-order valence-corrected chi connectivity index (χ1v) is 8.64. The van der Waals surface area contributed by atoms with Crippen molar-refractivity contribution < 1.29 is 13.2 Å². The highest BCUT2D eigenvalue weighted by Gasteiger charge is 2.42. The van der Waals surface area contributed by atoms with Crippen LogP contribution in [0.2, 0.25) is 0 Å². The molecular weight excluding hydrogens is 284 g/mol. The average molecular weight is 304 g/mol. The first kappa shape index (κ1) is 14.9. The third-order valence-corrected chi connectivity index (χ3v) is 6.06. The Hall–Kier alpha value is -0.470. The summed E-state index contributed by atoms with van der Waals surface area (Å²) in [7, 11) is -1.74. The van der Waals surface area contributed by atoms with Crippen LogP contribution < -0.4 is 10.5 Å². The molecule has 3 N–H and O–H groups in total. The van der Waals surface area contributed by atoms with Crippen LogP contribution in [0.1, 0.15) is 24.1 Å². The summed E-state index contributed by atoms with van der Waals surface area (Å²) in [6, 6.07) is 1.64. The summed E-state index contributed by atoms with van der Waals surface area (Å²) in [5.74, 6) is 0. The molecule has 1 aromatic rings. The number of nitrogens with two attached hydrogens (primary N) is 1. The smallest absolute Gasteiger partial charge is 0.241 e. The van der Waals surface area contributed by atoms with Gasteiger partial charge in [-0.25, -0.2) is 13.1 Å². The van der Waals surface area contributed by atoms with E-state index in [1.807, 2.05) is 0 Å². The Balaban J connectivity index is 1.94. The van der Waals surface area contributed by atoms with E-state index in [0.717, 1.165) is 24.1 Å². The molecule has 0 aliphatic heterocycles. The number of hydrogen-bond donors (Lipinski definition) is 2. The van der Waals surface area contributed by atoms with Gasteiger partial charge in [0.2, 0.25) is 10.0 Å². The molecule has 0 atom stereocenters. The molecule has 5 nitrogen and oxygen atoms in total. The van der Waals surface area contributed by atoms with Gasteiger partial charge in [0.05, 0.1) is 4.90 Å². The maximum atomic E-state index is 12.1. The van der Waals surface area contributed by atoms with Gasteiger partial charge in [-0.15, -0.1) is 11.3 Å². The summed E-state index contributed by atoms with van der Waals surface area (Å²) >= 11 is 1.38. The zero-order chi connectivity index (χ0) is 13.9. The van der Waals surface area contributed by atoms with Crippen molar-refractivity contribution >= 4 is 21.4 Å². The summed E-state index contributed by atoms with van der Waals surface area (Å²) < 4.78 is 32.0. The molecule has 1 saturated carbocycles. The van der Waals surface area contributed by atoms with E-state index >= 15 is 0 Å². The van der Waals surface area contributed by atoms with E-state index in [0.29, 0.717) is 24.6 Å². The second-order valence-corrected chi connectivity index (χ2v) is 7.78. The van der Waals surface area contributed by atoms with E-state index in [1.54, 1.807) is 18.6 Å². The van der Waals surface area contributed by atoms with Crippen molar-refractivity contribution in [2.24, 2.45) is 11.1 Å². The van der Waals surface area contributed by atoms with Gasteiger partial charge in [-0.05, 0) is 30.7 Å². The fourth-order valence-corrected chi connectivity index (χ4v) is 4.26. The molecule has 1 heterocycles. The molecule has 1 fully saturated rings. The van der Waals surface area contributed by atoms with Gasteiger partial charge in [0.1, 0.15) is 0 Å². The molecule has 0 aromatic carbocycles. The summed E-state index contributed by atoms with van der Waals surface area (Å²) in [5, 5.41) is 1.64. The fraction of sp³-hybridized carbons (Fsp3) is 0.667. The van der Waals surface area contributed by atoms with Crippen LogP contribution in [0.15, 0.2) is 16.3 Å². The van der Waals surface area contributed by atoms with Crippen molar-refractivity contribution in [3.8, 4) is 0 Å². The van der Waals surface area contributed by atoms with Crippen LogP contribution in [0.5, 0.6) is 0 Å². The normalized spacial score (nSPS) is 17.6. The molecule has 1 aliphatic carbocycles. The van der Waals surface area contributed by atoms with Gasteiger partial charge in [0, 0.05) is 37.1 Å². The lowest BCUT2D eigenvalue weighted by Crippen LogP contribution is -2.30. The molecule has 19 heavy (non-hydrogen) atoms. The zero-order valence-corrected chi connectivity index (χ0v) is 12.6. The Kier molecular flexibility index (Phi) is 4.62.